The molecule has 3 nitrogen and oxygen atoms in total. The van der Waals surface area contributed by atoms with Gasteiger partial charge < -0.3 is 10.2 Å². The van der Waals surface area contributed by atoms with E-state index in [9.17, 15) is 0 Å². The third-order valence-electron chi connectivity index (χ3n) is 4.42. The Bertz CT molecular complexity index is 368. The van der Waals surface area contributed by atoms with Crippen LogP contribution in [-0.4, -0.2) is 23.0 Å². The largest absolute Gasteiger partial charge is 0.468 e. The fraction of sp³-hybridized carbons (Fsp3) is 0.714. The normalized spacial score (nSPS) is 23.9. The van der Waals surface area contributed by atoms with Gasteiger partial charge in [-0.3, -0.25) is 4.90 Å². The number of hydrogen-bond acceptors (Lipinski definition) is 3. The molecule has 2 fully saturated rings. The zero-order valence-corrected chi connectivity index (χ0v) is 10.6. The first-order valence-corrected chi connectivity index (χ1v) is 6.73. The van der Waals surface area contributed by atoms with E-state index in [0.717, 1.165) is 30.8 Å². The number of nitrogens with zero attached hydrogens (tertiary/aromatic N) is 1. The second kappa shape index (κ2) is 4.14. The molecule has 0 aliphatic heterocycles. The van der Waals surface area contributed by atoms with Crippen molar-refractivity contribution in [1.82, 2.24) is 4.90 Å². The molecule has 2 saturated carbocycles. The smallest absolute Gasteiger partial charge is 0.117 e. The van der Waals surface area contributed by atoms with Gasteiger partial charge in [0.25, 0.3) is 0 Å². The molecule has 3 heteroatoms. The summed E-state index contributed by atoms with van der Waals surface area (Å²) in [5.74, 6) is 1.86. The van der Waals surface area contributed by atoms with Crippen molar-refractivity contribution >= 4 is 0 Å². The zero-order valence-electron chi connectivity index (χ0n) is 10.6. The molecular weight excluding hydrogens is 212 g/mol. The van der Waals surface area contributed by atoms with Gasteiger partial charge in [0, 0.05) is 18.1 Å². The van der Waals surface area contributed by atoms with Crippen LogP contribution in [0.4, 0.5) is 0 Å². The summed E-state index contributed by atoms with van der Waals surface area (Å²) in [5, 5.41) is 0. The van der Waals surface area contributed by atoms with E-state index in [1.807, 2.05) is 6.07 Å². The van der Waals surface area contributed by atoms with Gasteiger partial charge in [-0.2, -0.15) is 0 Å². The van der Waals surface area contributed by atoms with E-state index in [0.29, 0.717) is 0 Å². The van der Waals surface area contributed by atoms with Crippen LogP contribution in [0.25, 0.3) is 0 Å². The first-order chi connectivity index (χ1) is 8.24. The fourth-order valence-corrected chi connectivity index (χ4v) is 2.91. The van der Waals surface area contributed by atoms with Crippen molar-refractivity contribution in [2.75, 3.05) is 6.54 Å². The summed E-state index contributed by atoms with van der Waals surface area (Å²) < 4.78 is 5.50. The van der Waals surface area contributed by atoms with Crippen LogP contribution >= 0.6 is 0 Å². The van der Waals surface area contributed by atoms with Gasteiger partial charge in [0.2, 0.25) is 0 Å². The lowest BCUT2D eigenvalue weighted by Gasteiger charge is -2.41. The Balaban J connectivity index is 1.78. The van der Waals surface area contributed by atoms with Crippen LogP contribution in [0.5, 0.6) is 0 Å². The summed E-state index contributed by atoms with van der Waals surface area (Å²) >= 11 is 0. The number of rotatable bonds is 6. The minimum atomic E-state index is 0.175. The molecule has 1 aromatic rings. The summed E-state index contributed by atoms with van der Waals surface area (Å²) in [6.07, 6.45) is 7.09. The molecule has 0 aromatic carbocycles. The number of furan rings is 1. The summed E-state index contributed by atoms with van der Waals surface area (Å²) in [5.41, 5.74) is 6.25. The highest BCUT2D eigenvalue weighted by atomic mass is 16.3. The monoisotopic (exact) mass is 234 g/mol. The molecule has 2 aliphatic rings. The molecule has 0 saturated heterocycles. The van der Waals surface area contributed by atoms with Gasteiger partial charge in [-0.1, -0.05) is 0 Å². The predicted octanol–water partition coefficient (Wildman–Crippen LogP) is 2.37. The van der Waals surface area contributed by atoms with E-state index in [4.69, 9.17) is 10.2 Å². The Morgan fingerprint density at radius 2 is 2.18 bits per heavy atom. The third kappa shape index (κ3) is 2.14. The molecule has 17 heavy (non-hydrogen) atoms. The van der Waals surface area contributed by atoms with Crippen molar-refractivity contribution in [1.29, 1.82) is 0 Å². The van der Waals surface area contributed by atoms with Crippen LogP contribution in [0.15, 0.2) is 22.8 Å². The van der Waals surface area contributed by atoms with Gasteiger partial charge in [-0.05, 0) is 50.7 Å². The molecule has 1 aromatic heterocycles. The second-order valence-electron chi connectivity index (χ2n) is 5.77. The van der Waals surface area contributed by atoms with E-state index in [-0.39, 0.29) is 5.54 Å². The summed E-state index contributed by atoms with van der Waals surface area (Å²) in [4.78, 5) is 2.60. The van der Waals surface area contributed by atoms with E-state index in [1.54, 1.807) is 6.26 Å². The molecule has 3 rings (SSSR count). The SMILES string of the molecule is CC(CN)(C1CC1)N(Cc1ccco1)C1CC1. The lowest BCUT2D eigenvalue weighted by molar-refractivity contribution is 0.0646. The standard InChI is InChI=1S/C14H22N2O/c1-14(10-15,11-4-5-11)16(12-6-7-12)9-13-3-2-8-17-13/h2-3,8,11-12H,4-7,9-10,15H2,1H3. The van der Waals surface area contributed by atoms with Crippen molar-refractivity contribution in [3.63, 3.8) is 0 Å². The van der Waals surface area contributed by atoms with Gasteiger partial charge in [-0.25, -0.2) is 0 Å². The van der Waals surface area contributed by atoms with Crippen LogP contribution in [0.3, 0.4) is 0 Å². The van der Waals surface area contributed by atoms with Gasteiger partial charge in [0.1, 0.15) is 5.76 Å². The molecule has 1 atom stereocenters. The summed E-state index contributed by atoms with van der Waals surface area (Å²) in [6, 6.07) is 4.77. The highest BCUT2D eigenvalue weighted by Crippen LogP contribution is 2.46. The van der Waals surface area contributed by atoms with Crippen molar-refractivity contribution in [3.8, 4) is 0 Å². The van der Waals surface area contributed by atoms with Crippen LogP contribution < -0.4 is 5.73 Å². The van der Waals surface area contributed by atoms with Gasteiger partial charge in [-0.15, -0.1) is 0 Å². The van der Waals surface area contributed by atoms with Crippen LogP contribution in [0.1, 0.15) is 38.4 Å². The first kappa shape index (κ1) is 11.3. The Hall–Kier alpha value is -0.800. The molecule has 2 N–H and O–H groups in total. The Morgan fingerprint density at radius 1 is 1.41 bits per heavy atom. The minimum Gasteiger partial charge on any atom is -0.468 e. The number of nitrogens with two attached hydrogens (primary N) is 1. The van der Waals surface area contributed by atoms with Gasteiger partial charge in [0.05, 0.1) is 12.8 Å². The van der Waals surface area contributed by atoms with E-state index < -0.39 is 0 Å². The maximum absolute atomic E-state index is 6.07. The number of hydrogen-bond donors (Lipinski definition) is 1. The Kier molecular flexibility index (Phi) is 2.75. The molecular formula is C14H22N2O. The third-order valence-corrected chi connectivity index (χ3v) is 4.42. The zero-order chi connectivity index (χ0) is 11.9. The Morgan fingerprint density at radius 3 is 2.65 bits per heavy atom. The second-order valence-corrected chi connectivity index (χ2v) is 5.77. The maximum Gasteiger partial charge on any atom is 0.117 e. The quantitative estimate of drug-likeness (QED) is 0.821. The average molecular weight is 234 g/mol. The maximum atomic E-state index is 6.07. The van der Waals surface area contributed by atoms with Crippen molar-refractivity contribution in [2.45, 2.75) is 50.7 Å². The highest BCUT2D eigenvalue weighted by molar-refractivity contribution is 5.08. The molecule has 0 radical (unpaired) electrons. The van der Waals surface area contributed by atoms with E-state index in [2.05, 4.69) is 17.9 Å². The van der Waals surface area contributed by atoms with Crippen LogP contribution in [-0.2, 0) is 6.54 Å². The van der Waals surface area contributed by atoms with Gasteiger partial charge >= 0.3 is 0 Å². The van der Waals surface area contributed by atoms with Crippen LogP contribution in [0.2, 0.25) is 0 Å². The minimum absolute atomic E-state index is 0.175. The fourth-order valence-electron chi connectivity index (χ4n) is 2.91. The van der Waals surface area contributed by atoms with Crippen LogP contribution in [0, 0.1) is 5.92 Å². The lowest BCUT2D eigenvalue weighted by atomic mass is 9.93. The van der Waals surface area contributed by atoms with E-state index in [1.165, 1.54) is 25.7 Å². The predicted molar refractivity (Wildman–Crippen MR) is 67.5 cm³/mol. The molecule has 0 bridgehead atoms. The molecule has 1 unspecified atom stereocenters. The average Bonchev–Trinajstić information content (AvgIpc) is 3.24. The highest BCUT2D eigenvalue weighted by Gasteiger charge is 2.49. The molecule has 94 valence electrons. The van der Waals surface area contributed by atoms with Gasteiger partial charge in [0.15, 0.2) is 0 Å². The molecule has 2 aliphatic carbocycles. The summed E-state index contributed by atoms with van der Waals surface area (Å²) in [7, 11) is 0. The molecule has 0 amide bonds. The van der Waals surface area contributed by atoms with Crippen molar-refractivity contribution in [2.24, 2.45) is 11.7 Å². The molecule has 0 spiro atoms. The van der Waals surface area contributed by atoms with Crippen molar-refractivity contribution < 1.29 is 4.42 Å². The Labute approximate surface area is 103 Å². The summed E-state index contributed by atoms with van der Waals surface area (Å²) in [6.45, 7) is 4.02. The lowest BCUT2D eigenvalue weighted by Crippen LogP contribution is -2.54. The van der Waals surface area contributed by atoms with Crippen molar-refractivity contribution in [3.05, 3.63) is 24.2 Å². The first-order valence-electron chi connectivity index (χ1n) is 6.73. The topological polar surface area (TPSA) is 42.4 Å². The molecule has 1 heterocycles. The van der Waals surface area contributed by atoms with E-state index >= 15 is 0 Å².